The summed E-state index contributed by atoms with van der Waals surface area (Å²) >= 11 is 1.79. The van der Waals surface area contributed by atoms with Crippen LogP contribution in [0.5, 0.6) is 0 Å². The zero-order valence-corrected chi connectivity index (χ0v) is 16.1. The average molecular weight is 363 g/mol. The largest absolute Gasteiger partial charge is 0.355 e. The van der Waals surface area contributed by atoms with E-state index in [0.717, 1.165) is 13.0 Å². The second-order valence-corrected chi connectivity index (χ2v) is 8.96. The van der Waals surface area contributed by atoms with Gasteiger partial charge in [-0.05, 0) is 50.7 Å². The van der Waals surface area contributed by atoms with Crippen LogP contribution in [0.1, 0.15) is 54.7 Å². The highest BCUT2D eigenvalue weighted by Crippen LogP contribution is 2.27. The van der Waals surface area contributed by atoms with Gasteiger partial charge in [-0.1, -0.05) is 19.3 Å². The molecule has 2 aliphatic rings. The molecule has 1 aromatic rings. The van der Waals surface area contributed by atoms with Crippen molar-refractivity contribution >= 4 is 23.2 Å². The first-order chi connectivity index (χ1) is 12.1. The number of likely N-dealkylation sites (tertiary alicyclic amines) is 1. The number of piperidine rings is 1. The van der Waals surface area contributed by atoms with Gasteiger partial charge < -0.3 is 10.2 Å². The number of thiophene rings is 1. The molecule has 1 unspecified atom stereocenters. The highest BCUT2D eigenvalue weighted by molar-refractivity contribution is 7.11. The molecule has 1 N–H and O–H groups in total. The number of nitrogens with zero attached hydrogens (tertiary/aromatic N) is 1. The zero-order chi connectivity index (χ0) is 17.6. The molecular formula is C20H30N2O2S. The molecule has 5 heteroatoms. The first-order valence-corrected chi connectivity index (χ1v) is 10.5. The first-order valence-electron chi connectivity index (χ1n) is 9.72. The molecule has 0 spiro atoms. The summed E-state index contributed by atoms with van der Waals surface area (Å²) in [5.41, 5.74) is 0. The summed E-state index contributed by atoms with van der Waals surface area (Å²) in [5, 5.41) is 3.08. The second-order valence-electron chi connectivity index (χ2n) is 7.59. The summed E-state index contributed by atoms with van der Waals surface area (Å²) in [6, 6.07) is 4.26. The molecule has 138 valence electrons. The number of amides is 2. The van der Waals surface area contributed by atoms with E-state index >= 15 is 0 Å². The van der Waals surface area contributed by atoms with Crippen molar-refractivity contribution in [3.8, 4) is 0 Å². The Kier molecular flexibility index (Phi) is 6.51. The van der Waals surface area contributed by atoms with Crippen LogP contribution in [0, 0.1) is 18.8 Å². The van der Waals surface area contributed by atoms with Crippen molar-refractivity contribution in [1.82, 2.24) is 10.2 Å². The van der Waals surface area contributed by atoms with Crippen molar-refractivity contribution in [2.45, 2.75) is 58.3 Å². The highest BCUT2D eigenvalue weighted by Gasteiger charge is 2.31. The molecule has 1 aromatic heterocycles. The third-order valence-electron chi connectivity index (χ3n) is 5.54. The van der Waals surface area contributed by atoms with E-state index in [1.807, 2.05) is 4.90 Å². The van der Waals surface area contributed by atoms with Crippen molar-refractivity contribution in [1.29, 1.82) is 0 Å². The van der Waals surface area contributed by atoms with Gasteiger partial charge >= 0.3 is 0 Å². The molecule has 1 aliphatic carbocycles. The molecule has 4 nitrogen and oxygen atoms in total. The van der Waals surface area contributed by atoms with Gasteiger partial charge in [0.2, 0.25) is 11.8 Å². The zero-order valence-electron chi connectivity index (χ0n) is 15.3. The van der Waals surface area contributed by atoms with Crippen LogP contribution >= 0.6 is 11.3 Å². The molecular weight excluding hydrogens is 332 g/mol. The van der Waals surface area contributed by atoms with Crippen molar-refractivity contribution in [2.24, 2.45) is 11.8 Å². The van der Waals surface area contributed by atoms with Gasteiger partial charge in [0.1, 0.15) is 0 Å². The maximum Gasteiger partial charge on any atom is 0.224 e. The van der Waals surface area contributed by atoms with Crippen LogP contribution in [-0.2, 0) is 16.0 Å². The molecule has 1 atom stereocenters. The number of hydrogen-bond acceptors (Lipinski definition) is 3. The number of aryl methyl sites for hydroxylation is 1. The van der Waals surface area contributed by atoms with Gasteiger partial charge in [-0.25, -0.2) is 0 Å². The van der Waals surface area contributed by atoms with Gasteiger partial charge in [0.05, 0.1) is 5.92 Å². The number of carbonyl (C=O) groups excluding carboxylic acids is 2. The number of nitrogens with one attached hydrogen (secondary N) is 1. The first kappa shape index (κ1) is 18.4. The Morgan fingerprint density at radius 2 is 2.04 bits per heavy atom. The van der Waals surface area contributed by atoms with E-state index in [1.165, 1.54) is 41.9 Å². The summed E-state index contributed by atoms with van der Waals surface area (Å²) in [6.07, 6.45) is 8.50. The lowest BCUT2D eigenvalue weighted by atomic mass is 9.87. The van der Waals surface area contributed by atoms with Crippen LogP contribution in [0.15, 0.2) is 12.1 Å². The summed E-state index contributed by atoms with van der Waals surface area (Å²) < 4.78 is 0. The summed E-state index contributed by atoms with van der Waals surface area (Å²) in [4.78, 5) is 29.3. The van der Waals surface area contributed by atoms with Gasteiger partial charge in [-0.3, -0.25) is 9.59 Å². The Bertz CT molecular complexity index is 592. The highest BCUT2D eigenvalue weighted by atomic mass is 32.1. The number of hydrogen-bond donors (Lipinski definition) is 1. The molecule has 2 heterocycles. The third-order valence-corrected chi connectivity index (χ3v) is 6.60. The van der Waals surface area contributed by atoms with Crippen molar-refractivity contribution in [3.63, 3.8) is 0 Å². The van der Waals surface area contributed by atoms with E-state index in [-0.39, 0.29) is 17.7 Å². The van der Waals surface area contributed by atoms with Gasteiger partial charge in [0, 0.05) is 35.8 Å². The van der Waals surface area contributed by atoms with E-state index in [4.69, 9.17) is 0 Å². The van der Waals surface area contributed by atoms with Gasteiger partial charge in [-0.2, -0.15) is 0 Å². The van der Waals surface area contributed by atoms with Crippen LogP contribution in [0.4, 0.5) is 0 Å². The van der Waals surface area contributed by atoms with Crippen molar-refractivity contribution in [3.05, 3.63) is 21.9 Å². The van der Waals surface area contributed by atoms with Crippen molar-refractivity contribution in [2.75, 3.05) is 19.6 Å². The Morgan fingerprint density at radius 3 is 2.76 bits per heavy atom. The van der Waals surface area contributed by atoms with Gasteiger partial charge in [0.25, 0.3) is 0 Å². The van der Waals surface area contributed by atoms with E-state index in [2.05, 4.69) is 24.4 Å². The van der Waals surface area contributed by atoms with E-state index in [0.29, 0.717) is 31.8 Å². The quantitative estimate of drug-likeness (QED) is 0.841. The number of rotatable bonds is 6. The third kappa shape index (κ3) is 5.30. The maximum atomic E-state index is 12.5. The monoisotopic (exact) mass is 362 g/mol. The van der Waals surface area contributed by atoms with E-state index < -0.39 is 0 Å². The predicted octanol–water partition coefficient (Wildman–Crippen LogP) is 3.53. The van der Waals surface area contributed by atoms with E-state index in [9.17, 15) is 9.59 Å². The summed E-state index contributed by atoms with van der Waals surface area (Å²) in [6.45, 7) is 4.26. The molecule has 0 bridgehead atoms. The molecule has 2 fully saturated rings. The Morgan fingerprint density at radius 1 is 1.24 bits per heavy atom. The minimum Gasteiger partial charge on any atom is -0.355 e. The smallest absolute Gasteiger partial charge is 0.224 e. The van der Waals surface area contributed by atoms with Crippen LogP contribution in [-0.4, -0.2) is 36.3 Å². The van der Waals surface area contributed by atoms with Gasteiger partial charge in [0.15, 0.2) is 0 Å². The fourth-order valence-corrected chi connectivity index (χ4v) is 4.95. The predicted molar refractivity (Wildman–Crippen MR) is 102 cm³/mol. The number of carbonyl (C=O) groups is 2. The van der Waals surface area contributed by atoms with E-state index in [1.54, 1.807) is 11.3 Å². The maximum absolute atomic E-state index is 12.5. The van der Waals surface area contributed by atoms with Crippen molar-refractivity contribution < 1.29 is 9.59 Å². The fourth-order valence-electron chi connectivity index (χ4n) is 4.06. The lowest BCUT2D eigenvalue weighted by Crippen LogP contribution is -2.47. The Labute approximate surface area is 155 Å². The Hall–Kier alpha value is -1.36. The topological polar surface area (TPSA) is 49.4 Å². The molecule has 0 radical (unpaired) electrons. The normalized spacial score (nSPS) is 22.2. The lowest BCUT2D eigenvalue weighted by Gasteiger charge is -2.35. The molecule has 2 amide bonds. The SMILES string of the molecule is Cc1ccc(CCNC(=O)C2CCC(=O)N(CC3CCCCC3)C2)s1. The molecule has 25 heavy (non-hydrogen) atoms. The summed E-state index contributed by atoms with van der Waals surface area (Å²) in [5.74, 6) is 0.964. The van der Waals surface area contributed by atoms with Crippen LogP contribution in [0.25, 0.3) is 0 Å². The van der Waals surface area contributed by atoms with Crippen LogP contribution in [0.2, 0.25) is 0 Å². The standard InChI is InChI=1S/C20H30N2O2S/c1-15-7-9-18(25-15)11-12-21-20(24)17-8-10-19(23)22(14-17)13-16-5-3-2-4-6-16/h7,9,16-17H,2-6,8,10-14H2,1H3,(H,21,24). The molecule has 1 aliphatic heterocycles. The second kappa shape index (κ2) is 8.84. The minimum atomic E-state index is -0.0358. The average Bonchev–Trinajstić information content (AvgIpc) is 3.03. The molecule has 1 saturated carbocycles. The minimum absolute atomic E-state index is 0.0358. The van der Waals surface area contributed by atoms with Crippen LogP contribution in [0.3, 0.4) is 0 Å². The lowest BCUT2D eigenvalue weighted by molar-refractivity contribution is -0.139. The Balaban J connectivity index is 1.44. The molecule has 1 saturated heterocycles. The fraction of sp³-hybridized carbons (Fsp3) is 0.700. The molecule has 3 rings (SSSR count). The molecule has 0 aromatic carbocycles. The van der Waals surface area contributed by atoms with Gasteiger partial charge in [-0.15, -0.1) is 11.3 Å². The summed E-state index contributed by atoms with van der Waals surface area (Å²) in [7, 11) is 0. The van der Waals surface area contributed by atoms with Crippen LogP contribution < -0.4 is 5.32 Å².